The predicted octanol–water partition coefficient (Wildman–Crippen LogP) is 2.95. The number of nitrogens with zero attached hydrogens (tertiary/aromatic N) is 2. The summed E-state index contributed by atoms with van der Waals surface area (Å²) in [6.45, 7) is 10.7. The van der Waals surface area contributed by atoms with E-state index in [-0.39, 0.29) is 0 Å². The molecule has 0 atom stereocenters. The molecule has 0 saturated carbocycles. The second kappa shape index (κ2) is 7.57. The smallest absolute Gasteiger partial charge is 0.0657 e. The summed E-state index contributed by atoms with van der Waals surface area (Å²) in [6, 6.07) is 0. The minimum atomic E-state index is 0.720. The van der Waals surface area contributed by atoms with Gasteiger partial charge < -0.3 is 5.73 Å². The molecule has 0 radical (unpaired) electrons. The molecule has 0 fully saturated rings. The molecular weight excluding hydrogens is 222 g/mol. The van der Waals surface area contributed by atoms with Crippen molar-refractivity contribution in [1.29, 1.82) is 0 Å². The van der Waals surface area contributed by atoms with Crippen LogP contribution in [0.3, 0.4) is 0 Å². The molecule has 1 rings (SSSR count). The summed E-state index contributed by atoms with van der Waals surface area (Å²) in [5, 5.41) is 4.78. The van der Waals surface area contributed by atoms with Gasteiger partial charge in [0.15, 0.2) is 0 Å². The molecule has 0 spiro atoms. The first-order valence-corrected chi connectivity index (χ1v) is 7.41. The van der Waals surface area contributed by atoms with Crippen LogP contribution >= 0.6 is 0 Å². The summed E-state index contributed by atoms with van der Waals surface area (Å²) in [7, 11) is 0. The molecule has 1 heterocycles. The van der Waals surface area contributed by atoms with Crippen LogP contribution in [-0.4, -0.2) is 16.3 Å². The standard InChI is InChI=1S/C15H29N3/c1-5-14-13(9-10-16)15(6-2)18(17-14)11-7-8-12(3)4/h12H,5-11,16H2,1-4H3. The van der Waals surface area contributed by atoms with Crippen molar-refractivity contribution in [3.05, 3.63) is 17.0 Å². The quantitative estimate of drug-likeness (QED) is 0.772. The van der Waals surface area contributed by atoms with E-state index in [1.54, 1.807) is 0 Å². The van der Waals surface area contributed by atoms with Crippen LogP contribution < -0.4 is 5.73 Å². The summed E-state index contributed by atoms with van der Waals surface area (Å²) in [4.78, 5) is 0. The van der Waals surface area contributed by atoms with Gasteiger partial charge in [-0.15, -0.1) is 0 Å². The third-order valence-electron chi connectivity index (χ3n) is 3.47. The Kier molecular flexibility index (Phi) is 6.41. The fourth-order valence-corrected chi connectivity index (χ4v) is 2.54. The van der Waals surface area contributed by atoms with E-state index in [0.29, 0.717) is 0 Å². The molecule has 0 aliphatic rings. The average Bonchev–Trinajstić information content (AvgIpc) is 2.66. The molecule has 0 aliphatic carbocycles. The Morgan fingerprint density at radius 2 is 1.94 bits per heavy atom. The molecule has 3 nitrogen and oxygen atoms in total. The maximum atomic E-state index is 5.72. The van der Waals surface area contributed by atoms with Crippen molar-refractivity contribution in [3.63, 3.8) is 0 Å². The largest absolute Gasteiger partial charge is 0.330 e. The van der Waals surface area contributed by atoms with Crippen molar-refractivity contribution in [3.8, 4) is 0 Å². The van der Waals surface area contributed by atoms with E-state index < -0.39 is 0 Å². The lowest BCUT2D eigenvalue weighted by Crippen LogP contribution is -2.08. The molecule has 0 amide bonds. The highest BCUT2D eigenvalue weighted by Gasteiger charge is 2.14. The molecule has 2 N–H and O–H groups in total. The van der Waals surface area contributed by atoms with Crippen LogP contribution in [0.25, 0.3) is 0 Å². The van der Waals surface area contributed by atoms with E-state index in [2.05, 4.69) is 32.4 Å². The molecule has 104 valence electrons. The maximum absolute atomic E-state index is 5.72. The Bertz CT molecular complexity index is 353. The Morgan fingerprint density at radius 1 is 1.22 bits per heavy atom. The molecule has 0 unspecified atom stereocenters. The zero-order chi connectivity index (χ0) is 13.5. The molecular formula is C15H29N3. The van der Waals surface area contributed by atoms with Crippen LogP contribution in [0.4, 0.5) is 0 Å². The fraction of sp³-hybridized carbons (Fsp3) is 0.800. The Hall–Kier alpha value is -0.830. The molecule has 0 aromatic carbocycles. The summed E-state index contributed by atoms with van der Waals surface area (Å²) in [5.74, 6) is 0.778. The SMILES string of the molecule is CCc1nn(CCCC(C)C)c(CC)c1CCN. The monoisotopic (exact) mass is 251 g/mol. The summed E-state index contributed by atoms with van der Waals surface area (Å²) in [6.07, 6.45) is 5.54. The zero-order valence-electron chi connectivity index (χ0n) is 12.5. The van der Waals surface area contributed by atoms with Gasteiger partial charge in [-0.3, -0.25) is 4.68 Å². The fourth-order valence-electron chi connectivity index (χ4n) is 2.54. The summed E-state index contributed by atoms with van der Waals surface area (Å²) in [5.41, 5.74) is 9.78. The normalized spacial score (nSPS) is 11.4. The van der Waals surface area contributed by atoms with Gasteiger partial charge in [0.25, 0.3) is 0 Å². The van der Waals surface area contributed by atoms with Crippen LogP contribution in [-0.2, 0) is 25.8 Å². The van der Waals surface area contributed by atoms with Gasteiger partial charge in [0.2, 0.25) is 0 Å². The van der Waals surface area contributed by atoms with Gasteiger partial charge in [0, 0.05) is 12.2 Å². The van der Waals surface area contributed by atoms with Crippen LogP contribution in [0.15, 0.2) is 0 Å². The number of hydrogen-bond acceptors (Lipinski definition) is 2. The van der Waals surface area contributed by atoms with Gasteiger partial charge in [-0.05, 0) is 50.1 Å². The van der Waals surface area contributed by atoms with Crippen LogP contribution in [0.1, 0.15) is 57.5 Å². The van der Waals surface area contributed by atoms with Gasteiger partial charge in [-0.2, -0.15) is 5.10 Å². The van der Waals surface area contributed by atoms with E-state index in [0.717, 1.165) is 38.3 Å². The highest BCUT2D eigenvalue weighted by molar-refractivity contribution is 5.27. The number of rotatable bonds is 8. The maximum Gasteiger partial charge on any atom is 0.0657 e. The number of nitrogens with two attached hydrogens (primary N) is 1. The van der Waals surface area contributed by atoms with Gasteiger partial charge in [-0.1, -0.05) is 27.7 Å². The predicted molar refractivity (Wildman–Crippen MR) is 77.8 cm³/mol. The first kappa shape index (κ1) is 15.2. The van der Waals surface area contributed by atoms with Gasteiger partial charge in [0.1, 0.15) is 0 Å². The third-order valence-corrected chi connectivity index (χ3v) is 3.47. The average molecular weight is 251 g/mol. The Morgan fingerprint density at radius 3 is 2.44 bits per heavy atom. The number of aromatic nitrogens is 2. The van der Waals surface area contributed by atoms with Crippen LogP contribution in [0, 0.1) is 5.92 Å². The van der Waals surface area contributed by atoms with E-state index in [4.69, 9.17) is 10.8 Å². The molecule has 1 aromatic rings. The first-order valence-electron chi connectivity index (χ1n) is 7.41. The minimum Gasteiger partial charge on any atom is -0.330 e. The topological polar surface area (TPSA) is 43.8 Å². The second-order valence-electron chi connectivity index (χ2n) is 5.38. The first-order chi connectivity index (χ1) is 8.63. The highest BCUT2D eigenvalue weighted by atomic mass is 15.3. The van der Waals surface area contributed by atoms with Crippen molar-refractivity contribution in [2.45, 2.75) is 66.3 Å². The molecule has 0 saturated heterocycles. The molecule has 0 aliphatic heterocycles. The van der Waals surface area contributed by atoms with Crippen LogP contribution in [0.5, 0.6) is 0 Å². The van der Waals surface area contributed by atoms with E-state index in [9.17, 15) is 0 Å². The van der Waals surface area contributed by atoms with Gasteiger partial charge >= 0.3 is 0 Å². The Balaban J connectivity index is 2.83. The van der Waals surface area contributed by atoms with E-state index >= 15 is 0 Å². The lowest BCUT2D eigenvalue weighted by atomic mass is 10.1. The van der Waals surface area contributed by atoms with Crippen molar-refractivity contribution in [2.75, 3.05) is 6.54 Å². The van der Waals surface area contributed by atoms with Crippen molar-refractivity contribution in [2.24, 2.45) is 11.7 Å². The van der Waals surface area contributed by atoms with E-state index in [1.807, 2.05) is 0 Å². The van der Waals surface area contributed by atoms with Gasteiger partial charge in [0.05, 0.1) is 5.69 Å². The Labute approximate surface area is 112 Å². The van der Waals surface area contributed by atoms with Crippen molar-refractivity contribution < 1.29 is 0 Å². The minimum absolute atomic E-state index is 0.720. The van der Waals surface area contributed by atoms with Crippen LogP contribution in [0.2, 0.25) is 0 Å². The molecule has 18 heavy (non-hydrogen) atoms. The summed E-state index contributed by atoms with van der Waals surface area (Å²) >= 11 is 0. The number of aryl methyl sites for hydroxylation is 2. The van der Waals surface area contributed by atoms with Gasteiger partial charge in [-0.25, -0.2) is 0 Å². The molecule has 0 bridgehead atoms. The highest BCUT2D eigenvalue weighted by Crippen LogP contribution is 2.18. The zero-order valence-corrected chi connectivity index (χ0v) is 12.5. The lowest BCUT2D eigenvalue weighted by Gasteiger charge is -2.08. The summed E-state index contributed by atoms with van der Waals surface area (Å²) < 4.78 is 2.23. The van der Waals surface area contributed by atoms with E-state index in [1.165, 1.54) is 29.8 Å². The lowest BCUT2D eigenvalue weighted by molar-refractivity contribution is 0.479. The third kappa shape index (κ3) is 3.84. The van der Waals surface area contributed by atoms with Crippen molar-refractivity contribution >= 4 is 0 Å². The second-order valence-corrected chi connectivity index (χ2v) is 5.38. The molecule has 1 aromatic heterocycles. The number of hydrogen-bond donors (Lipinski definition) is 1. The van der Waals surface area contributed by atoms with Crippen molar-refractivity contribution in [1.82, 2.24) is 9.78 Å². The molecule has 3 heteroatoms.